The smallest absolute Gasteiger partial charge is 0.323 e. The van der Waals surface area contributed by atoms with Crippen LogP contribution in [0.2, 0.25) is 0 Å². The largest absolute Gasteiger partial charge is 0.480 e. The predicted octanol–water partition coefficient (Wildman–Crippen LogP) is -0.488. The lowest BCUT2D eigenvalue weighted by Crippen LogP contribution is -2.46. The number of carbonyl (C=O) groups excluding carboxylic acids is 1. The number of rotatable bonds is 7. The van der Waals surface area contributed by atoms with Gasteiger partial charge in [0.2, 0.25) is 0 Å². The van der Waals surface area contributed by atoms with Crippen molar-refractivity contribution < 1.29 is 29.4 Å². The Kier molecular flexibility index (Phi) is 9.99. The van der Waals surface area contributed by atoms with Crippen molar-refractivity contribution in [1.29, 1.82) is 0 Å². The zero-order valence-corrected chi connectivity index (χ0v) is 16.8. The quantitative estimate of drug-likeness (QED) is 0.498. The highest BCUT2D eigenvalue weighted by molar-refractivity contribution is 5.70. The molecule has 164 valence electrons. The number of aliphatic carboxylic acids is 2. The van der Waals surface area contributed by atoms with Crippen LogP contribution < -0.4 is 5.32 Å². The van der Waals surface area contributed by atoms with E-state index in [1.165, 1.54) is 4.90 Å². The summed E-state index contributed by atoms with van der Waals surface area (Å²) >= 11 is 0. The second-order valence-electron chi connectivity index (χ2n) is 6.91. The molecule has 0 aliphatic carbocycles. The van der Waals surface area contributed by atoms with Gasteiger partial charge in [-0.2, -0.15) is 5.06 Å². The Balaban J connectivity index is 2.14. The number of hydrogen-bond acceptors (Lipinski definition) is 8. The average Bonchev–Trinajstić information content (AvgIpc) is 2.71. The van der Waals surface area contributed by atoms with Crippen molar-refractivity contribution in [3.63, 3.8) is 0 Å². The molecule has 0 atom stereocenters. The van der Waals surface area contributed by atoms with Gasteiger partial charge in [0.25, 0.3) is 0 Å². The van der Waals surface area contributed by atoms with Crippen LogP contribution in [0, 0.1) is 0 Å². The Morgan fingerprint density at radius 3 is 2.37 bits per heavy atom. The van der Waals surface area contributed by atoms with Gasteiger partial charge in [0, 0.05) is 39.3 Å². The summed E-state index contributed by atoms with van der Waals surface area (Å²) in [6, 6.07) is 9.50. The third-order valence-corrected chi connectivity index (χ3v) is 4.60. The molecule has 0 saturated carbocycles. The first-order valence-corrected chi connectivity index (χ1v) is 9.75. The van der Waals surface area contributed by atoms with Gasteiger partial charge in [0.1, 0.15) is 18.2 Å². The van der Waals surface area contributed by atoms with Gasteiger partial charge >= 0.3 is 11.9 Å². The Labute approximate surface area is 175 Å². The fraction of sp³-hybridized carbons (Fsp3) is 0.500. The Morgan fingerprint density at radius 1 is 1.00 bits per heavy atom. The number of benzene rings is 1. The second kappa shape index (κ2) is 12.7. The van der Waals surface area contributed by atoms with Crippen molar-refractivity contribution in [3.05, 3.63) is 41.6 Å². The van der Waals surface area contributed by atoms with E-state index in [-0.39, 0.29) is 31.9 Å². The number of carbonyl (C=O) groups is 2. The van der Waals surface area contributed by atoms with Gasteiger partial charge in [-0.1, -0.05) is 30.3 Å². The topological polar surface area (TPSA) is 123 Å². The molecule has 10 nitrogen and oxygen atoms in total. The van der Waals surface area contributed by atoms with Crippen LogP contribution in [-0.4, -0.2) is 102 Å². The fourth-order valence-electron chi connectivity index (χ4n) is 3.06. The van der Waals surface area contributed by atoms with Gasteiger partial charge < -0.3 is 20.4 Å². The van der Waals surface area contributed by atoms with Gasteiger partial charge in [-0.05, 0) is 5.56 Å². The van der Waals surface area contributed by atoms with E-state index in [1.807, 2.05) is 36.3 Å². The summed E-state index contributed by atoms with van der Waals surface area (Å²) in [6.07, 6.45) is 0. The zero-order valence-electron chi connectivity index (χ0n) is 16.8. The van der Waals surface area contributed by atoms with Crippen molar-refractivity contribution in [2.24, 2.45) is 0 Å². The van der Waals surface area contributed by atoms with E-state index in [0.29, 0.717) is 39.3 Å². The second-order valence-corrected chi connectivity index (χ2v) is 6.91. The van der Waals surface area contributed by atoms with Crippen LogP contribution in [0.25, 0.3) is 0 Å². The first-order chi connectivity index (χ1) is 14.5. The fourth-order valence-corrected chi connectivity index (χ4v) is 3.06. The molecule has 1 aliphatic rings. The van der Waals surface area contributed by atoms with Crippen LogP contribution in [0.1, 0.15) is 5.56 Å². The maximum Gasteiger partial charge on any atom is 0.323 e. The van der Waals surface area contributed by atoms with Crippen LogP contribution in [0.4, 0.5) is 0 Å². The highest BCUT2D eigenvalue weighted by Gasteiger charge is 2.20. The summed E-state index contributed by atoms with van der Waals surface area (Å²) in [5, 5.41) is 23.1. The van der Waals surface area contributed by atoms with Gasteiger partial charge in [0.15, 0.2) is 0 Å². The van der Waals surface area contributed by atoms with Gasteiger partial charge in [-0.25, -0.2) is 4.79 Å². The summed E-state index contributed by atoms with van der Waals surface area (Å²) in [5.41, 5.74) is 1.12. The summed E-state index contributed by atoms with van der Waals surface area (Å²) in [5.74, 6) is -0.104. The molecule has 2 rings (SSSR count). The van der Waals surface area contributed by atoms with E-state index < -0.39 is 11.9 Å². The van der Waals surface area contributed by atoms with E-state index in [1.54, 1.807) is 9.96 Å². The molecule has 0 aromatic heterocycles. The van der Waals surface area contributed by atoms with Crippen LogP contribution in [0.15, 0.2) is 36.0 Å². The third kappa shape index (κ3) is 8.73. The minimum atomic E-state index is -1.04. The van der Waals surface area contributed by atoms with E-state index >= 15 is 0 Å². The van der Waals surface area contributed by atoms with Crippen molar-refractivity contribution in [2.75, 3.05) is 58.9 Å². The highest BCUT2D eigenvalue weighted by atomic mass is 16.7. The Bertz CT molecular complexity index is 738. The molecule has 0 radical (unpaired) electrons. The highest BCUT2D eigenvalue weighted by Crippen LogP contribution is 2.09. The molecule has 0 unspecified atom stereocenters. The minimum Gasteiger partial charge on any atom is -0.480 e. The lowest BCUT2D eigenvalue weighted by Gasteiger charge is -2.31. The number of hydroxylamine groups is 2. The number of hydrogen-bond donors (Lipinski definition) is 3. The molecule has 1 saturated heterocycles. The molecule has 10 heteroatoms. The van der Waals surface area contributed by atoms with E-state index in [2.05, 4.69) is 5.32 Å². The first kappa shape index (κ1) is 23.5. The number of carboxylic acids is 2. The van der Waals surface area contributed by atoms with Crippen LogP contribution >= 0.6 is 0 Å². The van der Waals surface area contributed by atoms with Gasteiger partial charge in [-0.3, -0.25) is 19.3 Å². The van der Waals surface area contributed by atoms with Crippen LogP contribution in [0.3, 0.4) is 0 Å². The van der Waals surface area contributed by atoms with Crippen LogP contribution in [-0.2, 0) is 25.8 Å². The maximum atomic E-state index is 11.6. The Hall–Kier alpha value is -2.75. The lowest BCUT2D eigenvalue weighted by atomic mass is 10.2. The standard InChI is InChI=1S/C20H28N4O6/c25-15-18-12-24(30-16-17-4-2-1-3-5-17)11-10-22(13-19(26)27)8-6-21-7-9-23(18)14-20(28)29/h1-5,21H,6-14,16H2,(H,26,27)(H,28,29). The summed E-state index contributed by atoms with van der Waals surface area (Å²) in [7, 11) is 0. The summed E-state index contributed by atoms with van der Waals surface area (Å²) in [4.78, 5) is 43.1. The van der Waals surface area contributed by atoms with Gasteiger partial charge in [-0.15, -0.1) is 0 Å². The van der Waals surface area contributed by atoms with Crippen LogP contribution in [0.5, 0.6) is 0 Å². The van der Waals surface area contributed by atoms with E-state index in [9.17, 15) is 19.5 Å². The van der Waals surface area contributed by atoms with Crippen molar-refractivity contribution in [2.45, 2.75) is 6.61 Å². The number of carboxylic acid groups (broad SMARTS) is 2. The molecule has 1 aromatic rings. The minimum absolute atomic E-state index is 0.0462. The summed E-state index contributed by atoms with van der Waals surface area (Å²) < 4.78 is 0. The molecule has 1 heterocycles. The molecule has 0 spiro atoms. The summed E-state index contributed by atoms with van der Waals surface area (Å²) in [6.45, 7) is 2.47. The molecule has 1 aliphatic heterocycles. The maximum absolute atomic E-state index is 11.6. The molecule has 0 bridgehead atoms. The zero-order chi connectivity index (χ0) is 21.8. The van der Waals surface area contributed by atoms with Gasteiger partial charge in [0.05, 0.1) is 19.7 Å². The third-order valence-electron chi connectivity index (χ3n) is 4.60. The normalized spacial score (nSPS) is 17.6. The number of nitrogens with zero attached hydrogens (tertiary/aromatic N) is 3. The molecule has 30 heavy (non-hydrogen) atoms. The average molecular weight is 420 g/mol. The molecule has 0 amide bonds. The predicted molar refractivity (Wildman–Crippen MR) is 108 cm³/mol. The molecule has 1 fully saturated rings. The first-order valence-electron chi connectivity index (χ1n) is 9.75. The monoisotopic (exact) mass is 420 g/mol. The lowest BCUT2D eigenvalue weighted by molar-refractivity contribution is -0.169. The van der Waals surface area contributed by atoms with E-state index in [0.717, 1.165) is 5.56 Å². The molecular formula is C20H28N4O6. The molecule has 3 N–H and O–H groups in total. The number of nitrogens with one attached hydrogen (secondary N) is 1. The SMILES string of the molecule is O=C=C1CN(OCc2ccccc2)CCN(CC(=O)O)CCNCCN1CC(=O)O. The Morgan fingerprint density at radius 2 is 1.70 bits per heavy atom. The molecular weight excluding hydrogens is 392 g/mol. The van der Waals surface area contributed by atoms with E-state index in [4.69, 9.17) is 9.94 Å². The van der Waals surface area contributed by atoms with Crippen molar-refractivity contribution >= 4 is 17.9 Å². The van der Waals surface area contributed by atoms with Crippen molar-refractivity contribution in [3.8, 4) is 0 Å². The van der Waals surface area contributed by atoms with Crippen molar-refractivity contribution in [1.82, 2.24) is 20.2 Å². The molecule has 1 aromatic carbocycles.